The van der Waals surface area contributed by atoms with Crippen molar-refractivity contribution in [1.29, 1.82) is 0 Å². The molecule has 0 fully saturated rings. The average Bonchev–Trinajstić information content (AvgIpc) is 2.02. The number of hydrogen-bond acceptors (Lipinski definition) is 0. The van der Waals surface area contributed by atoms with E-state index in [1.165, 1.54) is 0 Å². The van der Waals surface area contributed by atoms with Crippen LogP contribution in [0, 0.1) is 23.7 Å². The third kappa shape index (κ3) is 3.42. The molecule has 3 atom stereocenters. The van der Waals surface area contributed by atoms with Crippen molar-refractivity contribution in [1.82, 2.24) is 0 Å². The second-order valence-electron chi connectivity index (χ2n) is 4.46. The van der Waals surface area contributed by atoms with E-state index in [9.17, 15) is 0 Å². The molecule has 0 aromatic rings. The third-order valence-electron chi connectivity index (χ3n) is 3.32. The lowest BCUT2D eigenvalue weighted by molar-refractivity contribution is 0.224. The molecule has 0 nitrogen and oxygen atoms in total. The van der Waals surface area contributed by atoms with Gasteiger partial charge in [0.05, 0.1) is 0 Å². The Morgan fingerprint density at radius 2 is 1.50 bits per heavy atom. The van der Waals surface area contributed by atoms with E-state index in [4.69, 9.17) is 0 Å². The Balaban J connectivity index is 3.98. The van der Waals surface area contributed by atoms with Crippen LogP contribution in [-0.4, -0.2) is 0 Å². The molecule has 0 aliphatic carbocycles. The third-order valence-corrected chi connectivity index (χ3v) is 3.32. The molecule has 0 aromatic carbocycles. The normalized spacial score (nSPS) is 18.8. The summed E-state index contributed by atoms with van der Waals surface area (Å²) in [5.41, 5.74) is 0. The predicted octanol–water partition coefficient (Wildman–Crippen LogP) is 4.13. The van der Waals surface area contributed by atoms with Gasteiger partial charge < -0.3 is 0 Å². The molecule has 3 unspecified atom stereocenters. The maximum absolute atomic E-state index is 3.79. The van der Waals surface area contributed by atoms with Gasteiger partial charge in [0.2, 0.25) is 0 Å². The van der Waals surface area contributed by atoms with Crippen LogP contribution < -0.4 is 0 Å². The lowest BCUT2D eigenvalue weighted by Crippen LogP contribution is -2.20. The molecule has 0 rings (SSSR count). The Morgan fingerprint density at radius 3 is 1.83 bits per heavy atom. The highest BCUT2D eigenvalue weighted by atomic mass is 14.3. The molecule has 0 aromatic heterocycles. The first-order chi connectivity index (χ1) is 5.50. The zero-order chi connectivity index (χ0) is 9.72. The Kier molecular flexibility index (Phi) is 5.28. The predicted molar refractivity (Wildman–Crippen MR) is 57.1 cm³/mol. The van der Waals surface area contributed by atoms with Gasteiger partial charge in [0, 0.05) is 0 Å². The van der Waals surface area contributed by atoms with Gasteiger partial charge in [-0.25, -0.2) is 0 Å². The van der Waals surface area contributed by atoms with Crippen molar-refractivity contribution in [2.24, 2.45) is 23.7 Å². The Labute approximate surface area is 78.1 Å². The van der Waals surface area contributed by atoms with Crippen LogP contribution >= 0.6 is 0 Å². The van der Waals surface area contributed by atoms with E-state index in [2.05, 4.69) is 41.2 Å². The van der Waals surface area contributed by atoms with E-state index in [0.29, 0.717) is 0 Å². The lowest BCUT2D eigenvalue weighted by Gasteiger charge is -2.28. The first-order valence-electron chi connectivity index (χ1n) is 5.11. The molecule has 0 amide bonds. The number of allylic oxidation sites excluding steroid dienone is 1. The van der Waals surface area contributed by atoms with E-state index in [-0.39, 0.29) is 0 Å². The molecule has 0 aliphatic rings. The topological polar surface area (TPSA) is 0 Å². The van der Waals surface area contributed by atoms with E-state index in [0.717, 1.165) is 30.1 Å². The first-order valence-corrected chi connectivity index (χ1v) is 5.11. The highest BCUT2D eigenvalue weighted by Crippen LogP contribution is 2.28. The maximum Gasteiger partial charge on any atom is -0.0325 e. The van der Waals surface area contributed by atoms with Gasteiger partial charge >= 0.3 is 0 Å². The lowest BCUT2D eigenvalue weighted by atomic mass is 9.78. The highest BCUT2D eigenvalue weighted by Gasteiger charge is 2.20. The molecule has 0 saturated heterocycles. The number of rotatable bonds is 5. The van der Waals surface area contributed by atoms with Crippen LogP contribution in [0.2, 0.25) is 0 Å². The summed E-state index contributed by atoms with van der Waals surface area (Å²) in [5, 5.41) is 0. The average molecular weight is 168 g/mol. The largest absolute Gasteiger partial charge is 0.103 e. The van der Waals surface area contributed by atoms with Crippen LogP contribution in [0.1, 0.15) is 41.0 Å². The van der Waals surface area contributed by atoms with Gasteiger partial charge in [0.1, 0.15) is 0 Å². The van der Waals surface area contributed by atoms with Crippen molar-refractivity contribution < 1.29 is 0 Å². The van der Waals surface area contributed by atoms with Gasteiger partial charge in [-0.2, -0.15) is 0 Å². The second-order valence-corrected chi connectivity index (χ2v) is 4.46. The van der Waals surface area contributed by atoms with Crippen molar-refractivity contribution in [3.8, 4) is 0 Å². The molecule has 0 radical (unpaired) electrons. The standard InChI is InChI=1S/C12H24/c1-7-8-10(4)12(6)11(5)9(2)3/h7,9-12H,1,8H2,2-6H3. The summed E-state index contributed by atoms with van der Waals surface area (Å²) in [4.78, 5) is 0. The van der Waals surface area contributed by atoms with Crippen molar-refractivity contribution in [2.75, 3.05) is 0 Å². The van der Waals surface area contributed by atoms with E-state index >= 15 is 0 Å². The summed E-state index contributed by atoms with van der Waals surface area (Å²) < 4.78 is 0. The van der Waals surface area contributed by atoms with Gasteiger partial charge in [0.15, 0.2) is 0 Å². The molecular weight excluding hydrogens is 144 g/mol. The van der Waals surface area contributed by atoms with Crippen LogP contribution in [0.3, 0.4) is 0 Å². The summed E-state index contributed by atoms with van der Waals surface area (Å²) in [7, 11) is 0. The molecule has 0 N–H and O–H groups in total. The zero-order valence-electron chi connectivity index (χ0n) is 9.30. The summed E-state index contributed by atoms with van der Waals surface area (Å²) in [5.74, 6) is 3.20. The molecule has 0 spiro atoms. The molecule has 0 heterocycles. The SMILES string of the molecule is C=CCC(C)C(C)C(C)C(C)C. The van der Waals surface area contributed by atoms with E-state index in [1.54, 1.807) is 0 Å². The van der Waals surface area contributed by atoms with Gasteiger partial charge in [-0.15, -0.1) is 6.58 Å². The monoisotopic (exact) mass is 168 g/mol. The summed E-state index contributed by atoms with van der Waals surface area (Å²) in [6.07, 6.45) is 3.19. The fourth-order valence-corrected chi connectivity index (χ4v) is 1.60. The Bertz CT molecular complexity index is 124. The fraction of sp³-hybridized carbons (Fsp3) is 0.833. The summed E-state index contributed by atoms with van der Waals surface area (Å²) in [6.45, 7) is 15.4. The van der Waals surface area contributed by atoms with Crippen molar-refractivity contribution in [2.45, 2.75) is 41.0 Å². The van der Waals surface area contributed by atoms with Crippen molar-refractivity contribution >= 4 is 0 Å². The van der Waals surface area contributed by atoms with Crippen LogP contribution in [-0.2, 0) is 0 Å². The van der Waals surface area contributed by atoms with E-state index < -0.39 is 0 Å². The fourth-order valence-electron chi connectivity index (χ4n) is 1.60. The van der Waals surface area contributed by atoms with Crippen LogP contribution in [0.4, 0.5) is 0 Å². The maximum atomic E-state index is 3.79. The quantitative estimate of drug-likeness (QED) is 0.541. The van der Waals surface area contributed by atoms with E-state index in [1.807, 2.05) is 6.08 Å². The molecule has 72 valence electrons. The highest BCUT2D eigenvalue weighted by molar-refractivity contribution is 4.77. The zero-order valence-corrected chi connectivity index (χ0v) is 9.30. The first kappa shape index (κ1) is 11.7. The Morgan fingerprint density at radius 1 is 1.00 bits per heavy atom. The minimum atomic E-state index is 0.778. The van der Waals surface area contributed by atoms with Crippen molar-refractivity contribution in [3.63, 3.8) is 0 Å². The van der Waals surface area contributed by atoms with Gasteiger partial charge in [-0.1, -0.05) is 40.7 Å². The van der Waals surface area contributed by atoms with Crippen LogP contribution in [0.15, 0.2) is 12.7 Å². The molecule has 0 heteroatoms. The van der Waals surface area contributed by atoms with Crippen LogP contribution in [0.5, 0.6) is 0 Å². The number of hydrogen-bond donors (Lipinski definition) is 0. The molecule has 0 bridgehead atoms. The Hall–Kier alpha value is -0.260. The van der Waals surface area contributed by atoms with Gasteiger partial charge in [0.25, 0.3) is 0 Å². The summed E-state index contributed by atoms with van der Waals surface area (Å²) >= 11 is 0. The minimum Gasteiger partial charge on any atom is -0.103 e. The molecule has 0 saturated carbocycles. The van der Waals surface area contributed by atoms with Gasteiger partial charge in [-0.3, -0.25) is 0 Å². The van der Waals surface area contributed by atoms with Crippen molar-refractivity contribution in [3.05, 3.63) is 12.7 Å². The second kappa shape index (κ2) is 5.40. The summed E-state index contributed by atoms with van der Waals surface area (Å²) in [6, 6.07) is 0. The molecule has 0 aliphatic heterocycles. The van der Waals surface area contributed by atoms with Crippen LogP contribution in [0.25, 0.3) is 0 Å². The minimum absolute atomic E-state index is 0.778. The smallest absolute Gasteiger partial charge is 0.0325 e. The molecular formula is C12H24. The van der Waals surface area contributed by atoms with Gasteiger partial charge in [-0.05, 0) is 30.1 Å². The molecule has 12 heavy (non-hydrogen) atoms.